The van der Waals surface area contributed by atoms with Crippen LogP contribution in [0.25, 0.3) is 0 Å². The minimum absolute atomic E-state index is 0.191. The van der Waals surface area contributed by atoms with Crippen LogP contribution in [0.2, 0.25) is 0 Å². The summed E-state index contributed by atoms with van der Waals surface area (Å²) in [7, 11) is 0. The van der Waals surface area contributed by atoms with E-state index < -0.39 is 0 Å². The van der Waals surface area contributed by atoms with Crippen molar-refractivity contribution >= 4 is 5.96 Å². The second kappa shape index (κ2) is 7.12. The molecule has 0 aliphatic heterocycles. The van der Waals surface area contributed by atoms with Crippen LogP contribution in [0.4, 0.5) is 0 Å². The Balaban J connectivity index is 3.09. The van der Waals surface area contributed by atoms with Gasteiger partial charge in [0.2, 0.25) is 0 Å². The fraction of sp³-hybridized carbons (Fsp3) is 0.625. The highest BCUT2D eigenvalue weighted by Crippen LogP contribution is 1.96. The van der Waals surface area contributed by atoms with Crippen LogP contribution in [0.5, 0.6) is 0 Å². The molecule has 0 aromatic heterocycles. The standard InChI is InChI=1S/C8H17N3/c1-2-3-4-5-6-7-11-8(9)10/h2-3H,4-7H2,1H3,(H4,9,10,11)/b3-2+. The third-order valence-corrected chi connectivity index (χ3v) is 1.31. The quantitative estimate of drug-likeness (QED) is 0.269. The minimum atomic E-state index is 0.191. The van der Waals surface area contributed by atoms with Gasteiger partial charge in [-0.2, -0.15) is 0 Å². The van der Waals surface area contributed by atoms with Crippen molar-refractivity contribution in [3.05, 3.63) is 12.2 Å². The molecule has 0 aliphatic rings. The van der Waals surface area contributed by atoms with E-state index in [0.717, 1.165) is 25.8 Å². The summed E-state index contributed by atoms with van der Waals surface area (Å²) in [6.45, 7) is 2.77. The predicted octanol–water partition coefficient (Wildman–Crippen LogP) is 1.01. The van der Waals surface area contributed by atoms with E-state index in [1.807, 2.05) is 6.92 Å². The van der Waals surface area contributed by atoms with Crippen molar-refractivity contribution in [3.8, 4) is 0 Å². The van der Waals surface area contributed by atoms with Gasteiger partial charge in [-0.1, -0.05) is 12.2 Å². The summed E-state index contributed by atoms with van der Waals surface area (Å²) in [6.07, 6.45) is 7.54. The molecule has 0 atom stereocenters. The van der Waals surface area contributed by atoms with E-state index in [4.69, 9.17) is 11.5 Å². The van der Waals surface area contributed by atoms with Gasteiger partial charge in [0.05, 0.1) is 0 Å². The van der Waals surface area contributed by atoms with Crippen molar-refractivity contribution in [2.45, 2.75) is 26.2 Å². The number of aliphatic imine (C=N–C) groups is 1. The van der Waals surface area contributed by atoms with Gasteiger partial charge < -0.3 is 11.5 Å². The lowest BCUT2D eigenvalue weighted by molar-refractivity contribution is 0.758. The molecule has 0 saturated carbocycles. The van der Waals surface area contributed by atoms with Crippen LogP contribution in [0.3, 0.4) is 0 Å². The number of hydrogen-bond acceptors (Lipinski definition) is 1. The number of nitrogens with zero attached hydrogens (tertiary/aromatic N) is 1. The molecule has 0 bridgehead atoms. The molecule has 0 aliphatic carbocycles. The Labute approximate surface area is 68.2 Å². The van der Waals surface area contributed by atoms with Gasteiger partial charge in [-0.25, -0.2) is 0 Å². The van der Waals surface area contributed by atoms with Crippen LogP contribution in [0.1, 0.15) is 26.2 Å². The molecule has 11 heavy (non-hydrogen) atoms. The van der Waals surface area contributed by atoms with Gasteiger partial charge in [0, 0.05) is 6.54 Å². The van der Waals surface area contributed by atoms with Gasteiger partial charge in [0.15, 0.2) is 5.96 Å². The zero-order valence-electron chi connectivity index (χ0n) is 7.09. The molecule has 0 radical (unpaired) electrons. The van der Waals surface area contributed by atoms with Crippen LogP contribution in [0.15, 0.2) is 17.1 Å². The van der Waals surface area contributed by atoms with Gasteiger partial charge >= 0.3 is 0 Å². The number of guanidine groups is 1. The molecule has 3 nitrogen and oxygen atoms in total. The minimum Gasteiger partial charge on any atom is -0.370 e. The summed E-state index contributed by atoms with van der Waals surface area (Å²) in [4.78, 5) is 3.87. The average Bonchev–Trinajstić information content (AvgIpc) is 1.96. The number of allylic oxidation sites excluding steroid dienone is 2. The summed E-state index contributed by atoms with van der Waals surface area (Å²) >= 11 is 0. The van der Waals surface area contributed by atoms with Gasteiger partial charge in [0.1, 0.15) is 0 Å². The SMILES string of the molecule is C/C=C/CCCCN=C(N)N. The van der Waals surface area contributed by atoms with Crippen molar-refractivity contribution in [2.24, 2.45) is 16.5 Å². The zero-order chi connectivity index (χ0) is 8.53. The van der Waals surface area contributed by atoms with Gasteiger partial charge in [-0.15, -0.1) is 0 Å². The van der Waals surface area contributed by atoms with Crippen LogP contribution < -0.4 is 11.5 Å². The van der Waals surface area contributed by atoms with E-state index in [0.29, 0.717) is 0 Å². The lowest BCUT2D eigenvalue weighted by atomic mass is 10.2. The highest BCUT2D eigenvalue weighted by atomic mass is 15.0. The predicted molar refractivity (Wildman–Crippen MR) is 49.3 cm³/mol. The first-order valence-corrected chi connectivity index (χ1v) is 3.94. The summed E-state index contributed by atoms with van der Waals surface area (Å²) in [6, 6.07) is 0. The van der Waals surface area contributed by atoms with E-state index in [1.165, 1.54) is 0 Å². The van der Waals surface area contributed by atoms with Gasteiger partial charge in [-0.3, -0.25) is 4.99 Å². The maximum atomic E-state index is 5.15. The first kappa shape index (κ1) is 10.0. The van der Waals surface area contributed by atoms with Crippen molar-refractivity contribution in [1.29, 1.82) is 0 Å². The lowest BCUT2D eigenvalue weighted by Gasteiger charge is -1.93. The first-order valence-electron chi connectivity index (χ1n) is 3.94. The Morgan fingerprint density at radius 1 is 1.36 bits per heavy atom. The van der Waals surface area contributed by atoms with E-state index in [9.17, 15) is 0 Å². The normalized spacial score (nSPS) is 10.3. The molecular formula is C8H17N3. The van der Waals surface area contributed by atoms with E-state index in [1.54, 1.807) is 0 Å². The van der Waals surface area contributed by atoms with Crippen molar-refractivity contribution in [3.63, 3.8) is 0 Å². The summed E-state index contributed by atoms with van der Waals surface area (Å²) in [5.41, 5.74) is 10.3. The van der Waals surface area contributed by atoms with E-state index in [-0.39, 0.29) is 5.96 Å². The molecule has 0 unspecified atom stereocenters. The van der Waals surface area contributed by atoms with Crippen molar-refractivity contribution < 1.29 is 0 Å². The first-order chi connectivity index (χ1) is 5.27. The maximum Gasteiger partial charge on any atom is 0.185 e. The highest BCUT2D eigenvalue weighted by Gasteiger charge is 1.84. The number of nitrogens with two attached hydrogens (primary N) is 2. The summed E-state index contributed by atoms with van der Waals surface area (Å²) in [5, 5.41) is 0. The van der Waals surface area contributed by atoms with E-state index >= 15 is 0 Å². The van der Waals surface area contributed by atoms with Gasteiger partial charge in [-0.05, 0) is 26.2 Å². The molecule has 0 rings (SSSR count). The van der Waals surface area contributed by atoms with Crippen LogP contribution in [-0.2, 0) is 0 Å². The van der Waals surface area contributed by atoms with Crippen LogP contribution >= 0.6 is 0 Å². The fourth-order valence-corrected chi connectivity index (χ4v) is 0.749. The maximum absolute atomic E-state index is 5.15. The smallest absolute Gasteiger partial charge is 0.185 e. The third kappa shape index (κ3) is 9.01. The Morgan fingerprint density at radius 2 is 2.09 bits per heavy atom. The molecule has 0 amide bonds. The Hall–Kier alpha value is -0.990. The molecule has 0 heterocycles. The van der Waals surface area contributed by atoms with E-state index in [2.05, 4.69) is 17.1 Å². The third-order valence-electron chi connectivity index (χ3n) is 1.31. The summed E-state index contributed by atoms with van der Waals surface area (Å²) < 4.78 is 0. The van der Waals surface area contributed by atoms with Crippen LogP contribution in [-0.4, -0.2) is 12.5 Å². The molecule has 0 fully saturated rings. The van der Waals surface area contributed by atoms with Crippen molar-refractivity contribution in [2.75, 3.05) is 6.54 Å². The molecule has 0 aromatic rings. The van der Waals surface area contributed by atoms with Crippen molar-refractivity contribution in [1.82, 2.24) is 0 Å². The second-order valence-electron chi connectivity index (χ2n) is 2.37. The molecule has 3 heteroatoms. The van der Waals surface area contributed by atoms with Gasteiger partial charge in [0.25, 0.3) is 0 Å². The lowest BCUT2D eigenvalue weighted by Crippen LogP contribution is -2.22. The molecule has 0 spiro atoms. The highest BCUT2D eigenvalue weighted by molar-refractivity contribution is 5.75. The second-order valence-corrected chi connectivity index (χ2v) is 2.37. The monoisotopic (exact) mass is 155 g/mol. The average molecular weight is 155 g/mol. The van der Waals surface area contributed by atoms with Crippen LogP contribution in [0, 0.1) is 0 Å². The number of hydrogen-bond donors (Lipinski definition) is 2. The number of unbranched alkanes of at least 4 members (excludes halogenated alkanes) is 2. The topological polar surface area (TPSA) is 64.4 Å². The molecule has 64 valence electrons. The summed E-state index contributed by atoms with van der Waals surface area (Å²) in [5.74, 6) is 0.191. The fourth-order valence-electron chi connectivity index (χ4n) is 0.749. The molecule has 0 aromatic carbocycles. The largest absolute Gasteiger partial charge is 0.370 e. The zero-order valence-corrected chi connectivity index (χ0v) is 7.09. The molecule has 4 N–H and O–H groups in total. The Bertz CT molecular complexity index is 134. The molecular weight excluding hydrogens is 138 g/mol. The molecule has 0 saturated heterocycles. The number of rotatable bonds is 5. The Kier molecular flexibility index (Phi) is 6.48. The Morgan fingerprint density at radius 3 is 2.64 bits per heavy atom.